The van der Waals surface area contributed by atoms with Crippen LogP contribution in [0.3, 0.4) is 0 Å². The number of halogens is 1. The van der Waals surface area contributed by atoms with E-state index in [1.807, 2.05) is 6.07 Å². The minimum Gasteiger partial charge on any atom is -0.353 e. The summed E-state index contributed by atoms with van der Waals surface area (Å²) >= 11 is 0. The van der Waals surface area contributed by atoms with Gasteiger partial charge in [0.2, 0.25) is 0 Å². The molecule has 1 fully saturated rings. The van der Waals surface area contributed by atoms with E-state index < -0.39 is 0 Å². The second-order valence-corrected chi connectivity index (χ2v) is 7.83. The van der Waals surface area contributed by atoms with Crippen LogP contribution >= 0.6 is 0 Å². The third-order valence-corrected chi connectivity index (χ3v) is 6.06. The fourth-order valence-corrected chi connectivity index (χ4v) is 4.43. The van der Waals surface area contributed by atoms with Crippen LogP contribution in [-0.2, 0) is 19.4 Å². The Kier molecular flexibility index (Phi) is 4.64. The molecule has 1 aliphatic heterocycles. The van der Waals surface area contributed by atoms with E-state index in [1.165, 1.54) is 23.4 Å². The molecule has 148 valence electrons. The van der Waals surface area contributed by atoms with Gasteiger partial charge in [-0.1, -0.05) is 0 Å². The first-order valence-corrected chi connectivity index (χ1v) is 10.2. The van der Waals surface area contributed by atoms with E-state index in [1.54, 1.807) is 12.4 Å². The molecule has 0 amide bonds. The maximum atomic E-state index is 13.3. The number of aromatic nitrogens is 3. The summed E-state index contributed by atoms with van der Waals surface area (Å²) in [7, 11) is 0. The molecule has 0 unspecified atom stereocenters. The molecule has 0 saturated carbocycles. The highest BCUT2D eigenvalue weighted by atomic mass is 19.1. The Hall–Kier alpha value is -2.98. The minimum atomic E-state index is -0.254. The van der Waals surface area contributed by atoms with Crippen molar-refractivity contribution in [3.05, 3.63) is 53.2 Å². The average molecular weight is 390 g/mol. The number of aryl methyl sites for hydroxylation is 2. The second kappa shape index (κ2) is 7.45. The van der Waals surface area contributed by atoms with Crippen molar-refractivity contribution in [1.82, 2.24) is 19.4 Å². The van der Waals surface area contributed by atoms with Gasteiger partial charge in [-0.2, -0.15) is 5.26 Å². The molecule has 3 aromatic rings. The molecular weight excluding hydrogens is 367 g/mol. The van der Waals surface area contributed by atoms with Gasteiger partial charge in [0, 0.05) is 51.0 Å². The van der Waals surface area contributed by atoms with Crippen molar-refractivity contribution in [3.63, 3.8) is 0 Å². The van der Waals surface area contributed by atoms with Gasteiger partial charge in [0.05, 0.1) is 22.9 Å². The van der Waals surface area contributed by atoms with Crippen molar-refractivity contribution in [1.29, 1.82) is 5.26 Å². The Morgan fingerprint density at radius 3 is 2.76 bits per heavy atom. The highest BCUT2D eigenvalue weighted by molar-refractivity contribution is 5.75. The largest absolute Gasteiger partial charge is 0.353 e. The first-order valence-electron chi connectivity index (χ1n) is 10.2. The van der Waals surface area contributed by atoms with Crippen LogP contribution in [0.25, 0.3) is 11.0 Å². The van der Waals surface area contributed by atoms with Gasteiger partial charge >= 0.3 is 0 Å². The van der Waals surface area contributed by atoms with E-state index in [0.29, 0.717) is 11.1 Å². The van der Waals surface area contributed by atoms with Crippen LogP contribution in [0, 0.1) is 17.1 Å². The van der Waals surface area contributed by atoms with Crippen LogP contribution in [0.2, 0.25) is 0 Å². The van der Waals surface area contributed by atoms with Crippen LogP contribution in [0.1, 0.15) is 23.2 Å². The molecule has 1 aliphatic carbocycles. The van der Waals surface area contributed by atoms with Gasteiger partial charge in [0.25, 0.3) is 0 Å². The van der Waals surface area contributed by atoms with Crippen molar-refractivity contribution in [2.24, 2.45) is 0 Å². The van der Waals surface area contributed by atoms with Gasteiger partial charge in [-0.25, -0.2) is 14.4 Å². The number of pyridine rings is 1. The number of nitriles is 1. The summed E-state index contributed by atoms with van der Waals surface area (Å²) in [6.07, 6.45) is 4.99. The first kappa shape index (κ1) is 18.1. The number of hydrogen-bond donors (Lipinski definition) is 0. The summed E-state index contributed by atoms with van der Waals surface area (Å²) in [5, 5.41) is 9.57. The van der Waals surface area contributed by atoms with Gasteiger partial charge in [-0.05, 0) is 43.0 Å². The lowest BCUT2D eigenvalue weighted by molar-refractivity contribution is 0.248. The summed E-state index contributed by atoms with van der Waals surface area (Å²) < 4.78 is 15.4. The third kappa shape index (κ3) is 3.45. The Labute approximate surface area is 169 Å². The lowest BCUT2D eigenvalue weighted by Gasteiger charge is -2.36. The zero-order valence-electron chi connectivity index (χ0n) is 16.3. The van der Waals surface area contributed by atoms with Gasteiger partial charge < -0.3 is 9.47 Å². The summed E-state index contributed by atoms with van der Waals surface area (Å²) in [5.41, 5.74) is 4.78. The van der Waals surface area contributed by atoms with E-state index in [0.717, 1.165) is 69.9 Å². The maximum absolute atomic E-state index is 13.3. The predicted molar refractivity (Wildman–Crippen MR) is 109 cm³/mol. The average Bonchev–Trinajstić information content (AvgIpc) is 3.37. The first-order chi connectivity index (χ1) is 14.2. The van der Waals surface area contributed by atoms with Crippen molar-refractivity contribution >= 4 is 16.9 Å². The smallest absolute Gasteiger partial charge is 0.146 e. The van der Waals surface area contributed by atoms with Gasteiger partial charge in [0.1, 0.15) is 17.7 Å². The number of hydrogen-bond acceptors (Lipinski definition) is 5. The van der Waals surface area contributed by atoms with Gasteiger partial charge in [-0.15, -0.1) is 0 Å². The molecule has 3 heterocycles. The zero-order chi connectivity index (χ0) is 19.8. The fraction of sp³-hybridized carbons (Fsp3) is 0.409. The predicted octanol–water partition coefficient (Wildman–Crippen LogP) is 2.75. The molecule has 7 heteroatoms. The summed E-state index contributed by atoms with van der Waals surface area (Å²) in [4.78, 5) is 13.8. The van der Waals surface area contributed by atoms with Crippen molar-refractivity contribution in [2.75, 3.05) is 37.6 Å². The summed E-state index contributed by atoms with van der Waals surface area (Å²) in [5.74, 6) is 0.603. The van der Waals surface area contributed by atoms with Crippen molar-refractivity contribution < 1.29 is 4.39 Å². The van der Waals surface area contributed by atoms with Crippen LogP contribution in [-0.4, -0.2) is 52.2 Å². The minimum absolute atomic E-state index is 0.254. The highest BCUT2D eigenvalue weighted by Gasteiger charge is 2.23. The number of imidazole rings is 1. The van der Waals surface area contributed by atoms with Crippen LogP contribution in [0.15, 0.2) is 30.6 Å². The van der Waals surface area contributed by atoms with E-state index in [2.05, 4.69) is 25.4 Å². The molecule has 29 heavy (non-hydrogen) atoms. The number of fused-ring (bicyclic) bond motifs is 2. The quantitative estimate of drug-likeness (QED) is 0.686. The molecule has 0 bridgehead atoms. The molecule has 6 nitrogen and oxygen atoms in total. The lowest BCUT2D eigenvalue weighted by Crippen LogP contribution is -2.47. The molecule has 1 saturated heterocycles. The van der Waals surface area contributed by atoms with Crippen molar-refractivity contribution in [2.45, 2.75) is 25.8 Å². The topological polar surface area (TPSA) is 61.0 Å². The number of piperazine rings is 1. The number of benzene rings is 1. The standard InChI is InChI=1S/C22H23FN6/c23-18-4-5-21-20(13-18)25-15-29(21)11-8-27-6-9-28(10-7-27)22-17(14-24)12-16-2-1-3-19(16)26-22/h4-5,12-13,15H,1-3,6-11H2. The molecule has 0 N–H and O–H groups in total. The van der Waals surface area contributed by atoms with E-state index in [4.69, 9.17) is 4.98 Å². The molecule has 0 atom stereocenters. The van der Waals surface area contributed by atoms with E-state index in [-0.39, 0.29) is 5.82 Å². The number of nitrogens with zero attached hydrogens (tertiary/aromatic N) is 6. The Balaban J connectivity index is 1.22. The van der Waals surface area contributed by atoms with Gasteiger partial charge in [-0.3, -0.25) is 4.90 Å². The molecule has 0 spiro atoms. The monoisotopic (exact) mass is 390 g/mol. The zero-order valence-corrected chi connectivity index (χ0v) is 16.3. The number of rotatable bonds is 4. The molecule has 2 aromatic heterocycles. The molecule has 0 radical (unpaired) electrons. The molecule has 2 aliphatic rings. The van der Waals surface area contributed by atoms with Crippen molar-refractivity contribution in [3.8, 4) is 6.07 Å². The number of anilines is 1. The lowest BCUT2D eigenvalue weighted by atomic mass is 10.1. The summed E-state index contributed by atoms with van der Waals surface area (Å²) in [6, 6.07) is 9.13. The summed E-state index contributed by atoms with van der Waals surface area (Å²) in [6.45, 7) is 5.35. The van der Waals surface area contributed by atoms with Gasteiger partial charge in [0.15, 0.2) is 0 Å². The molecule has 1 aromatic carbocycles. The second-order valence-electron chi connectivity index (χ2n) is 7.83. The Bertz CT molecular complexity index is 1090. The van der Waals surface area contributed by atoms with Crippen LogP contribution in [0.4, 0.5) is 10.2 Å². The van der Waals surface area contributed by atoms with E-state index in [9.17, 15) is 9.65 Å². The van der Waals surface area contributed by atoms with Crippen LogP contribution in [0.5, 0.6) is 0 Å². The molecule has 5 rings (SSSR count). The van der Waals surface area contributed by atoms with Crippen LogP contribution < -0.4 is 4.90 Å². The van der Waals surface area contributed by atoms with E-state index >= 15 is 0 Å². The highest BCUT2D eigenvalue weighted by Crippen LogP contribution is 2.27. The normalized spacial score (nSPS) is 16.9. The molecular formula is C22H23FN6. The maximum Gasteiger partial charge on any atom is 0.146 e. The Morgan fingerprint density at radius 1 is 1.07 bits per heavy atom. The third-order valence-electron chi connectivity index (χ3n) is 6.06. The Morgan fingerprint density at radius 2 is 1.93 bits per heavy atom. The fourth-order valence-electron chi connectivity index (χ4n) is 4.43. The SMILES string of the molecule is N#Cc1cc2c(nc1N1CCN(CCn3cnc4cc(F)ccc43)CC1)CCC2.